The Morgan fingerprint density at radius 3 is 1.54 bits per heavy atom. The molecule has 242 valence electrons. The van der Waals surface area contributed by atoms with E-state index in [9.17, 15) is 0 Å². The molecule has 0 aliphatic rings. The highest BCUT2D eigenvalue weighted by Crippen LogP contribution is 2.45. The maximum absolute atomic E-state index is 6.68. The van der Waals surface area contributed by atoms with Gasteiger partial charge in [0.05, 0.1) is 22.1 Å². The summed E-state index contributed by atoms with van der Waals surface area (Å²) in [6.45, 7) is 0. The van der Waals surface area contributed by atoms with E-state index >= 15 is 0 Å². The largest absolute Gasteiger partial charge is 0.456 e. The maximum Gasteiger partial charge on any atom is 0.164 e. The van der Waals surface area contributed by atoms with Crippen LogP contribution in [0.1, 0.15) is 0 Å². The van der Waals surface area contributed by atoms with E-state index in [0.29, 0.717) is 17.5 Å². The Bertz CT molecular complexity index is 3120. The third kappa shape index (κ3) is 4.26. The standard InChI is InChI=1S/C47H28N4O/c1-3-15-29(16-4-1)45-48-46(30-17-5-2-6-18-30)50-47(49-45)31-27-39(43-37-24-12-14-26-40(37)52-41(43)28-31)51-38-25-13-11-23-36(38)42-34-21-9-7-19-32(34)33-20-8-10-22-35(33)44(42)51/h1-28H. The third-order valence-electron chi connectivity index (χ3n) is 10.2. The van der Waals surface area contributed by atoms with Crippen molar-refractivity contribution < 1.29 is 4.42 Å². The summed E-state index contributed by atoms with van der Waals surface area (Å²) in [7, 11) is 0. The number of fused-ring (bicyclic) bond motifs is 11. The highest BCUT2D eigenvalue weighted by Gasteiger charge is 2.23. The molecule has 5 heteroatoms. The number of furan rings is 1. The van der Waals surface area contributed by atoms with Crippen molar-refractivity contribution in [3.8, 4) is 39.9 Å². The van der Waals surface area contributed by atoms with Crippen molar-refractivity contribution >= 4 is 65.3 Å². The van der Waals surface area contributed by atoms with Crippen LogP contribution in [0.3, 0.4) is 0 Å². The predicted octanol–water partition coefficient (Wildman–Crippen LogP) is 12.2. The van der Waals surface area contributed by atoms with Crippen molar-refractivity contribution in [1.82, 2.24) is 19.5 Å². The van der Waals surface area contributed by atoms with Crippen LogP contribution in [-0.4, -0.2) is 19.5 Å². The van der Waals surface area contributed by atoms with Gasteiger partial charge in [-0.1, -0.05) is 146 Å². The fourth-order valence-electron chi connectivity index (χ4n) is 7.95. The third-order valence-corrected chi connectivity index (χ3v) is 10.2. The molecule has 0 aliphatic carbocycles. The summed E-state index contributed by atoms with van der Waals surface area (Å²) in [5.74, 6) is 1.81. The Balaban J connectivity index is 1.30. The molecule has 0 fully saturated rings. The number of hydrogen-bond donors (Lipinski definition) is 0. The lowest BCUT2D eigenvalue weighted by atomic mass is 9.97. The molecule has 0 bridgehead atoms. The molecule has 0 unspecified atom stereocenters. The number of benzene rings is 8. The van der Waals surface area contributed by atoms with Crippen LogP contribution in [0.4, 0.5) is 0 Å². The normalized spacial score (nSPS) is 11.8. The summed E-state index contributed by atoms with van der Waals surface area (Å²) < 4.78 is 9.12. The van der Waals surface area contributed by atoms with Crippen LogP contribution in [0.25, 0.3) is 105 Å². The van der Waals surface area contributed by atoms with E-state index < -0.39 is 0 Å². The minimum absolute atomic E-state index is 0.576. The molecule has 0 spiro atoms. The van der Waals surface area contributed by atoms with Crippen molar-refractivity contribution in [3.05, 3.63) is 170 Å². The van der Waals surface area contributed by atoms with E-state index in [2.05, 4.69) is 102 Å². The zero-order valence-electron chi connectivity index (χ0n) is 27.9. The molecule has 0 aliphatic heterocycles. The second-order valence-corrected chi connectivity index (χ2v) is 13.2. The lowest BCUT2D eigenvalue weighted by Crippen LogP contribution is -2.01. The molecule has 5 nitrogen and oxygen atoms in total. The van der Waals surface area contributed by atoms with Gasteiger partial charge in [-0.3, -0.25) is 0 Å². The molecule has 3 heterocycles. The Morgan fingerprint density at radius 2 is 0.865 bits per heavy atom. The lowest BCUT2D eigenvalue weighted by molar-refractivity contribution is 0.669. The van der Waals surface area contributed by atoms with Crippen LogP contribution in [0.2, 0.25) is 0 Å². The molecule has 3 aromatic heterocycles. The van der Waals surface area contributed by atoms with Gasteiger partial charge in [0.1, 0.15) is 11.2 Å². The number of para-hydroxylation sites is 2. The Labute approximate surface area is 298 Å². The van der Waals surface area contributed by atoms with E-state index in [1.54, 1.807) is 0 Å². The van der Waals surface area contributed by atoms with Crippen LogP contribution in [-0.2, 0) is 0 Å². The quantitative estimate of drug-likeness (QED) is 0.176. The first-order valence-electron chi connectivity index (χ1n) is 17.5. The van der Waals surface area contributed by atoms with Gasteiger partial charge in [-0.15, -0.1) is 0 Å². The van der Waals surface area contributed by atoms with Crippen LogP contribution >= 0.6 is 0 Å². The molecule has 11 aromatic rings. The van der Waals surface area contributed by atoms with Gasteiger partial charge in [-0.25, -0.2) is 15.0 Å². The monoisotopic (exact) mass is 664 g/mol. The second kappa shape index (κ2) is 11.2. The van der Waals surface area contributed by atoms with Gasteiger partial charge < -0.3 is 8.98 Å². The van der Waals surface area contributed by atoms with E-state index in [-0.39, 0.29) is 0 Å². The number of rotatable bonds is 4. The molecular weight excluding hydrogens is 637 g/mol. The van der Waals surface area contributed by atoms with Gasteiger partial charge in [-0.2, -0.15) is 0 Å². The van der Waals surface area contributed by atoms with Crippen LogP contribution in [0.5, 0.6) is 0 Å². The fraction of sp³-hybridized carbons (Fsp3) is 0. The smallest absolute Gasteiger partial charge is 0.164 e. The molecule has 0 amide bonds. The molecule has 0 radical (unpaired) electrons. The Morgan fingerprint density at radius 1 is 0.365 bits per heavy atom. The summed E-state index contributed by atoms with van der Waals surface area (Å²) in [4.78, 5) is 15.2. The summed E-state index contributed by atoms with van der Waals surface area (Å²) in [6.07, 6.45) is 0. The number of nitrogens with zero attached hydrogens (tertiary/aromatic N) is 4. The Hall–Kier alpha value is -7.11. The first-order chi connectivity index (χ1) is 25.8. The SMILES string of the molecule is c1ccc(-c2nc(-c3ccccc3)nc(-c3cc(-n4c5ccccc5c5c6ccccc6c6ccccc6c54)c4c(c3)oc3ccccc34)n2)cc1. The van der Waals surface area contributed by atoms with Gasteiger partial charge in [0.25, 0.3) is 0 Å². The molecule has 52 heavy (non-hydrogen) atoms. The topological polar surface area (TPSA) is 56.7 Å². The number of hydrogen-bond acceptors (Lipinski definition) is 4. The zero-order chi connectivity index (χ0) is 34.2. The minimum Gasteiger partial charge on any atom is -0.456 e. The van der Waals surface area contributed by atoms with E-state index in [4.69, 9.17) is 19.4 Å². The highest BCUT2D eigenvalue weighted by atomic mass is 16.3. The van der Waals surface area contributed by atoms with Crippen molar-refractivity contribution in [3.63, 3.8) is 0 Å². The first-order valence-corrected chi connectivity index (χ1v) is 17.5. The lowest BCUT2D eigenvalue weighted by Gasteiger charge is -2.15. The molecule has 0 saturated heterocycles. The maximum atomic E-state index is 6.68. The average Bonchev–Trinajstić information content (AvgIpc) is 3.78. The first kappa shape index (κ1) is 28.7. The van der Waals surface area contributed by atoms with Crippen LogP contribution in [0, 0.1) is 0 Å². The van der Waals surface area contributed by atoms with Gasteiger partial charge in [0.15, 0.2) is 17.5 Å². The van der Waals surface area contributed by atoms with Crippen molar-refractivity contribution in [1.29, 1.82) is 0 Å². The van der Waals surface area contributed by atoms with E-state index in [1.165, 1.54) is 32.3 Å². The fourth-order valence-corrected chi connectivity index (χ4v) is 7.95. The summed E-state index contributed by atoms with van der Waals surface area (Å²) in [6, 6.07) is 59.0. The molecule has 11 rings (SSSR count). The van der Waals surface area contributed by atoms with Crippen LogP contribution in [0.15, 0.2) is 174 Å². The Kier molecular flexibility index (Phi) is 6.18. The molecular formula is C47H28N4O. The average molecular weight is 665 g/mol. The van der Waals surface area contributed by atoms with Crippen LogP contribution < -0.4 is 0 Å². The second-order valence-electron chi connectivity index (χ2n) is 13.2. The van der Waals surface area contributed by atoms with Crippen molar-refractivity contribution in [2.24, 2.45) is 0 Å². The predicted molar refractivity (Wildman–Crippen MR) is 213 cm³/mol. The molecule has 0 atom stereocenters. The summed E-state index contributed by atoms with van der Waals surface area (Å²) in [5.41, 5.74) is 7.58. The molecule has 8 aromatic carbocycles. The van der Waals surface area contributed by atoms with Crippen molar-refractivity contribution in [2.75, 3.05) is 0 Å². The van der Waals surface area contributed by atoms with E-state index in [1.807, 2.05) is 72.8 Å². The summed E-state index contributed by atoms with van der Waals surface area (Å²) >= 11 is 0. The van der Waals surface area contributed by atoms with Gasteiger partial charge in [0, 0.05) is 38.2 Å². The number of aromatic nitrogens is 4. The molecule has 0 N–H and O–H groups in total. The van der Waals surface area contributed by atoms with E-state index in [0.717, 1.165) is 55.3 Å². The zero-order valence-corrected chi connectivity index (χ0v) is 27.9. The highest BCUT2D eigenvalue weighted by molar-refractivity contribution is 6.32. The van der Waals surface area contributed by atoms with Gasteiger partial charge in [0.2, 0.25) is 0 Å². The van der Waals surface area contributed by atoms with Gasteiger partial charge in [-0.05, 0) is 40.4 Å². The minimum atomic E-state index is 0.576. The van der Waals surface area contributed by atoms with Crippen molar-refractivity contribution in [2.45, 2.75) is 0 Å². The van der Waals surface area contributed by atoms with Gasteiger partial charge >= 0.3 is 0 Å². The summed E-state index contributed by atoms with van der Waals surface area (Å²) in [5, 5.41) is 9.41. The molecule has 0 saturated carbocycles.